The van der Waals surface area contributed by atoms with Crippen molar-refractivity contribution in [2.45, 2.75) is 57.4 Å². The van der Waals surface area contributed by atoms with Gasteiger partial charge < -0.3 is 25.3 Å². The van der Waals surface area contributed by atoms with Crippen molar-refractivity contribution < 1.29 is 14.3 Å². The molecule has 0 bridgehead atoms. The molecule has 3 aromatic rings. The molecule has 2 aliphatic heterocycles. The summed E-state index contributed by atoms with van der Waals surface area (Å²) in [6, 6.07) is 13.1. The minimum Gasteiger partial charge on any atom is -0.462 e. The van der Waals surface area contributed by atoms with Crippen LogP contribution < -0.4 is 10.6 Å². The predicted octanol–water partition coefficient (Wildman–Crippen LogP) is 6.11. The Morgan fingerprint density at radius 1 is 0.971 bits per heavy atom. The highest BCUT2D eigenvalue weighted by Gasteiger charge is 2.28. The summed E-state index contributed by atoms with van der Waals surface area (Å²) in [6.07, 6.45) is 9.88. The van der Waals surface area contributed by atoms with Crippen LogP contribution >= 0.6 is 0 Å². The maximum Gasteiger partial charge on any atom is 0.338 e. The van der Waals surface area contributed by atoms with E-state index in [1.54, 1.807) is 31.2 Å². The Balaban J connectivity index is 1.25. The first kappa shape index (κ1) is 23.4. The number of ether oxygens (including phenoxy) is 1. The molecular weight excluding hydrogens is 440 g/mol. The first-order valence-corrected chi connectivity index (χ1v) is 12.8. The first-order valence-electron chi connectivity index (χ1n) is 12.8. The van der Waals surface area contributed by atoms with Crippen LogP contribution in [-0.2, 0) is 4.74 Å². The standard InChI is InChI=1S/C28H34N4O3/c1-2-35-27(33)20-6-9-21(10-7-20)30-28(34)31-22-11-13-26-24(17-22)25(18-29-26)19-8-12-23-5-3-4-15-32(23)16-14-19/h6-7,9-11,13,17-19,23,29H,2-5,8,12,14-16H2,1H3,(H2,30,31,34). The third-order valence-corrected chi connectivity index (χ3v) is 7.43. The smallest absolute Gasteiger partial charge is 0.338 e. The van der Waals surface area contributed by atoms with Crippen molar-refractivity contribution >= 4 is 34.3 Å². The van der Waals surface area contributed by atoms with Gasteiger partial charge in [-0.3, -0.25) is 0 Å². The lowest BCUT2D eigenvalue weighted by Gasteiger charge is -2.33. The van der Waals surface area contributed by atoms with E-state index in [2.05, 4.69) is 32.8 Å². The number of nitrogens with zero attached hydrogens (tertiary/aromatic N) is 1. The molecule has 0 saturated carbocycles. The van der Waals surface area contributed by atoms with Crippen LogP contribution in [0.2, 0.25) is 0 Å². The zero-order chi connectivity index (χ0) is 24.2. The molecule has 184 valence electrons. The largest absolute Gasteiger partial charge is 0.462 e. The van der Waals surface area contributed by atoms with Crippen molar-refractivity contribution in [1.29, 1.82) is 0 Å². The Morgan fingerprint density at radius 3 is 2.60 bits per heavy atom. The van der Waals surface area contributed by atoms with Gasteiger partial charge >= 0.3 is 12.0 Å². The molecule has 0 aliphatic carbocycles. The number of carbonyl (C=O) groups excluding carboxylic acids is 2. The van der Waals surface area contributed by atoms with Crippen LogP contribution in [-0.4, -0.2) is 47.6 Å². The topological polar surface area (TPSA) is 86.5 Å². The number of piperidine rings is 1. The second kappa shape index (κ2) is 10.5. The summed E-state index contributed by atoms with van der Waals surface area (Å²) in [7, 11) is 0. The molecule has 2 saturated heterocycles. The van der Waals surface area contributed by atoms with Crippen molar-refractivity contribution in [3.05, 3.63) is 59.8 Å². The predicted molar refractivity (Wildman–Crippen MR) is 139 cm³/mol. The Kier molecular flexibility index (Phi) is 7.04. The minimum atomic E-state index is -0.372. The van der Waals surface area contributed by atoms with Crippen LogP contribution in [0.1, 0.15) is 67.3 Å². The number of anilines is 2. The number of hydrogen-bond donors (Lipinski definition) is 3. The van der Waals surface area contributed by atoms with Gasteiger partial charge in [-0.05, 0) is 106 Å². The van der Waals surface area contributed by atoms with E-state index in [4.69, 9.17) is 4.74 Å². The van der Waals surface area contributed by atoms with Gasteiger partial charge in [0.05, 0.1) is 12.2 Å². The quantitative estimate of drug-likeness (QED) is 0.389. The zero-order valence-corrected chi connectivity index (χ0v) is 20.3. The fourth-order valence-corrected chi connectivity index (χ4v) is 5.61. The van der Waals surface area contributed by atoms with Gasteiger partial charge in [0.2, 0.25) is 0 Å². The number of rotatable bonds is 5. The number of nitrogens with one attached hydrogen (secondary N) is 3. The van der Waals surface area contributed by atoms with Gasteiger partial charge in [-0.25, -0.2) is 9.59 Å². The molecule has 5 rings (SSSR count). The number of aromatic nitrogens is 1. The molecule has 7 nitrogen and oxygen atoms in total. The fraction of sp³-hybridized carbons (Fsp3) is 0.429. The summed E-state index contributed by atoms with van der Waals surface area (Å²) in [5.74, 6) is 0.167. The van der Waals surface area contributed by atoms with Crippen molar-refractivity contribution in [1.82, 2.24) is 9.88 Å². The highest BCUT2D eigenvalue weighted by molar-refractivity contribution is 6.01. The van der Waals surface area contributed by atoms with Crippen LogP contribution in [0.25, 0.3) is 10.9 Å². The van der Waals surface area contributed by atoms with Crippen molar-refractivity contribution in [3.8, 4) is 0 Å². The van der Waals surface area contributed by atoms with Crippen molar-refractivity contribution in [2.75, 3.05) is 30.3 Å². The van der Waals surface area contributed by atoms with Crippen molar-refractivity contribution in [2.24, 2.45) is 0 Å². The molecule has 2 fully saturated rings. The third kappa shape index (κ3) is 5.35. The van der Waals surface area contributed by atoms with Gasteiger partial charge in [0, 0.05) is 34.5 Å². The molecule has 2 atom stereocenters. The van der Waals surface area contributed by atoms with Gasteiger partial charge in [-0.15, -0.1) is 0 Å². The van der Waals surface area contributed by atoms with E-state index < -0.39 is 0 Å². The lowest BCUT2D eigenvalue weighted by molar-refractivity contribution is 0.0526. The summed E-state index contributed by atoms with van der Waals surface area (Å²) in [5.41, 5.74) is 4.28. The van der Waals surface area contributed by atoms with Crippen molar-refractivity contribution in [3.63, 3.8) is 0 Å². The molecule has 0 spiro atoms. The van der Waals surface area contributed by atoms with Crippen LogP contribution in [0, 0.1) is 0 Å². The molecule has 2 aromatic carbocycles. The molecular formula is C28H34N4O3. The Morgan fingerprint density at radius 2 is 1.77 bits per heavy atom. The molecule has 2 unspecified atom stereocenters. The van der Waals surface area contributed by atoms with Crippen LogP contribution in [0.15, 0.2) is 48.7 Å². The first-order chi connectivity index (χ1) is 17.1. The van der Waals surface area contributed by atoms with Crippen LogP contribution in [0.5, 0.6) is 0 Å². The lowest BCUT2D eigenvalue weighted by Crippen LogP contribution is -2.38. The molecule has 35 heavy (non-hydrogen) atoms. The molecule has 7 heteroatoms. The van der Waals surface area contributed by atoms with E-state index in [0.717, 1.165) is 17.2 Å². The van der Waals surface area contributed by atoms with Gasteiger partial charge in [0.25, 0.3) is 0 Å². The maximum atomic E-state index is 12.6. The number of esters is 1. The SMILES string of the molecule is CCOC(=O)c1ccc(NC(=O)Nc2ccc3[nH]cc(C4CCC5CCCCN5CC4)c3c2)cc1. The van der Waals surface area contributed by atoms with Gasteiger partial charge in [0.15, 0.2) is 0 Å². The second-order valence-corrected chi connectivity index (χ2v) is 9.63. The molecule has 2 aliphatic rings. The Bertz CT molecular complexity index is 1170. The van der Waals surface area contributed by atoms with E-state index >= 15 is 0 Å². The number of urea groups is 1. The number of benzene rings is 2. The summed E-state index contributed by atoms with van der Waals surface area (Å²) < 4.78 is 5.00. The third-order valence-electron chi connectivity index (χ3n) is 7.43. The minimum absolute atomic E-state index is 0.323. The zero-order valence-electron chi connectivity index (χ0n) is 20.3. The molecule has 1 aromatic heterocycles. The highest BCUT2D eigenvalue weighted by Crippen LogP contribution is 2.37. The molecule has 0 radical (unpaired) electrons. The van der Waals surface area contributed by atoms with Crippen LogP contribution in [0.4, 0.5) is 16.2 Å². The van der Waals surface area contributed by atoms with Gasteiger partial charge in [-0.2, -0.15) is 0 Å². The average molecular weight is 475 g/mol. The summed E-state index contributed by atoms with van der Waals surface area (Å²) in [5, 5.41) is 6.97. The normalized spacial score (nSPS) is 20.6. The Hall–Kier alpha value is -3.32. The van der Waals surface area contributed by atoms with E-state index in [1.165, 1.54) is 62.6 Å². The number of hydrogen-bond acceptors (Lipinski definition) is 4. The average Bonchev–Trinajstić information content (AvgIpc) is 3.16. The fourth-order valence-electron chi connectivity index (χ4n) is 5.61. The Labute approximate surface area is 206 Å². The second-order valence-electron chi connectivity index (χ2n) is 9.63. The lowest BCUT2D eigenvalue weighted by atomic mass is 9.90. The monoisotopic (exact) mass is 474 g/mol. The maximum absolute atomic E-state index is 12.6. The number of carbonyl (C=O) groups is 2. The molecule has 3 heterocycles. The van der Waals surface area contributed by atoms with E-state index in [1.807, 2.05) is 12.1 Å². The molecule has 3 N–H and O–H groups in total. The molecule has 2 amide bonds. The number of fused-ring (bicyclic) bond motifs is 2. The van der Waals surface area contributed by atoms with Crippen LogP contribution in [0.3, 0.4) is 0 Å². The van der Waals surface area contributed by atoms with Gasteiger partial charge in [0.1, 0.15) is 0 Å². The number of H-pyrrole nitrogens is 1. The van der Waals surface area contributed by atoms with E-state index in [0.29, 0.717) is 23.8 Å². The summed E-state index contributed by atoms with van der Waals surface area (Å²) >= 11 is 0. The van der Waals surface area contributed by atoms with E-state index in [9.17, 15) is 9.59 Å². The summed E-state index contributed by atoms with van der Waals surface area (Å²) in [6.45, 7) is 4.53. The number of aromatic amines is 1. The number of amides is 2. The van der Waals surface area contributed by atoms with E-state index in [-0.39, 0.29) is 12.0 Å². The summed E-state index contributed by atoms with van der Waals surface area (Å²) in [4.78, 5) is 30.6. The van der Waals surface area contributed by atoms with Gasteiger partial charge in [-0.1, -0.05) is 6.42 Å². The highest BCUT2D eigenvalue weighted by atomic mass is 16.5.